The summed E-state index contributed by atoms with van der Waals surface area (Å²) in [5.74, 6) is 0.418. The monoisotopic (exact) mass is 478 g/mol. The number of rotatable bonds is 4. The van der Waals surface area contributed by atoms with Crippen LogP contribution in [0.5, 0.6) is 0 Å². The number of alkyl halides is 3. The van der Waals surface area contributed by atoms with Gasteiger partial charge in [-0.15, -0.1) is 35.3 Å². The first-order valence-corrected chi connectivity index (χ1v) is 8.36. The van der Waals surface area contributed by atoms with Gasteiger partial charge in [0.25, 0.3) is 0 Å². The van der Waals surface area contributed by atoms with Crippen LogP contribution in [0.3, 0.4) is 0 Å². The number of anilines is 1. The number of aliphatic imine (C=N–C) groups is 1. The number of piperazine rings is 1. The lowest BCUT2D eigenvalue weighted by atomic mass is 10.3. The Hall–Kier alpha value is -0.750. The molecule has 1 atom stereocenters. The molecule has 1 aromatic rings. The van der Waals surface area contributed by atoms with Crippen molar-refractivity contribution < 1.29 is 18.3 Å². The van der Waals surface area contributed by atoms with Crippen molar-refractivity contribution in [3.63, 3.8) is 0 Å². The fourth-order valence-electron chi connectivity index (χ4n) is 2.29. The SMILES string of the molecule is CCNC(=NCC(O)C(F)(F)F)N1CCN(c2cccs2)CC1.I. The molecule has 24 heavy (non-hydrogen) atoms. The van der Waals surface area contributed by atoms with Crippen molar-refractivity contribution >= 4 is 46.3 Å². The van der Waals surface area contributed by atoms with Gasteiger partial charge in [-0.1, -0.05) is 0 Å². The average molecular weight is 478 g/mol. The van der Waals surface area contributed by atoms with E-state index in [9.17, 15) is 13.2 Å². The van der Waals surface area contributed by atoms with E-state index >= 15 is 0 Å². The average Bonchev–Trinajstić information content (AvgIpc) is 3.04. The molecule has 1 saturated heterocycles. The number of hydrogen-bond donors (Lipinski definition) is 2. The van der Waals surface area contributed by atoms with Gasteiger partial charge in [-0.25, -0.2) is 0 Å². The van der Waals surface area contributed by atoms with Gasteiger partial charge in [0.15, 0.2) is 12.1 Å². The molecule has 0 spiro atoms. The summed E-state index contributed by atoms with van der Waals surface area (Å²) in [5.41, 5.74) is 0. The lowest BCUT2D eigenvalue weighted by molar-refractivity contribution is -0.199. The predicted molar refractivity (Wildman–Crippen MR) is 102 cm³/mol. The van der Waals surface area contributed by atoms with Crippen molar-refractivity contribution in [2.45, 2.75) is 19.2 Å². The van der Waals surface area contributed by atoms with Crippen LogP contribution in [0, 0.1) is 0 Å². The van der Waals surface area contributed by atoms with Crippen molar-refractivity contribution in [3.05, 3.63) is 17.5 Å². The van der Waals surface area contributed by atoms with Crippen LogP contribution in [0.15, 0.2) is 22.5 Å². The van der Waals surface area contributed by atoms with Crippen LogP contribution in [0.25, 0.3) is 0 Å². The smallest absolute Gasteiger partial charge is 0.382 e. The number of thiophene rings is 1. The van der Waals surface area contributed by atoms with Crippen LogP contribution >= 0.6 is 35.3 Å². The topological polar surface area (TPSA) is 51.1 Å². The predicted octanol–water partition coefficient (Wildman–Crippen LogP) is 2.38. The molecule has 138 valence electrons. The number of hydrogen-bond acceptors (Lipinski definition) is 4. The maximum Gasteiger partial charge on any atom is 0.416 e. The van der Waals surface area contributed by atoms with Gasteiger partial charge in [-0.05, 0) is 24.4 Å². The summed E-state index contributed by atoms with van der Waals surface area (Å²) in [6.07, 6.45) is -7.07. The first kappa shape index (κ1) is 21.3. The summed E-state index contributed by atoms with van der Waals surface area (Å²) in [7, 11) is 0. The molecule has 1 unspecified atom stereocenters. The third kappa shape index (κ3) is 5.96. The standard InChI is InChI=1S/C14H21F3N4OS.HI/c1-2-18-13(19-10-11(22)14(15,16)17)21-7-5-20(6-8-21)12-4-3-9-23-12;/h3-4,9,11,22H,2,5-8,10H2,1H3,(H,18,19);1H. The van der Waals surface area contributed by atoms with E-state index in [-0.39, 0.29) is 24.0 Å². The summed E-state index contributed by atoms with van der Waals surface area (Å²) >= 11 is 1.67. The number of guanidine groups is 1. The van der Waals surface area contributed by atoms with Crippen molar-refractivity contribution in [3.8, 4) is 0 Å². The summed E-state index contributed by atoms with van der Waals surface area (Å²) in [6.45, 7) is 4.65. The third-order valence-corrected chi connectivity index (χ3v) is 4.45. The Labute approximate surface area is 160 Å². The number of aliphatic hydroxyl groups excluding tert-OH is 1. The minimum atomic E-state index is -4.64. The Morgan fingerprint density at radius 2 is 2.04 bits per heavy atom. The molecule has 1 aliphatic rings. The summed E-state index contributed by atoms with van der Waals surface area (Å²) in [4.78, 5) is 8.11. The Bertz CT molecular complexity index is 505. The zero-order chi connectivity index (χ0) is 16.9. The Balaban J connectivity index is 0.00000288. The van der Waals surface area contributed by atoms with Gasteiger partial charge in [0.2, 0.25) is 0 Å². The number of halogens is 4. The largest absolute Gasteiger partial charge is 0.416 e. The van der Waals surface area contributed by atoms with E-state index in [1.807, 2.05) is 23.3 Å². The van der Waals surface area contributed by atoms with Gasteiger partial charge in [-0.3, -0.25) is 4.99 Å². The lowest BCUT2D eigenvalue weighted by Crippen LogP contribution is -2.52. The number of nitrogens with one attached hydrogen (secondary N) is 1. The van der Waals surface area contributed by atoms with Crippen molar-refractivity contribution in [1.29, 1.82) is 0 Å². The molecular weight excluding hydrogens is 456 g/mol. The summed E-state index contributed by atoms with van der Waals surface area (Å²) < 4.78 is 37.1. The second-order valence-corrected chi connectivity index (χ2v) is 6.10. The second-order valence-electron chi connectivity index (χ2n) is 5.18. The highest BCUT2D eigenvalue weighted by molar-refractivity contribution is 14.0. The van der Waals surface area contributed by atoms with Gasteiger partial charge >= 0.3 is 6.18 Å². The van der Waals surface area contributed by atoms with Crippen molar-refractivity contribution in [2.75, 3.05) is 44.2 Å². The van der Waals surface area contributed by atoms with E-state index in [0.29, 0.717) is 25.6 Å². The van der Waals surface area contributed by atoms with E-state index in [0.717, 1.165) is 13.1 Å². The minimum Gasteiger partial charge on any atom is -0.382 e. The molecule has 0 amide bonds. The van der Waals surface area contributed by atoms with Gasteiger partial charge in [0.1, 0.15) is 0 Å². The third-order valence-electron chi connectivity index (χ3n) is 3.52. The van der Waals surface area contributed by atoms with E-state index < -0.39 is 18.8 Å². The molecule has 1 aromatic heterocycles. The van der Waals surface area contributed by atoms with Crippen molar-refractivity contribution in [1.82, 2.24) is 10.2 Å². The molecule has 10 heteroatoms. The molecule has 0 bridgehead atoms. The Kier molecular flexibility index (Phi) is 8.57. The normalized spacial score (nSPS) is 17.5. The van der Waals surface area contributed by atoms with E-state index in [2.05, 4.69) is 21.3 Å². The molecule has 1 fully saturated rings. The van der Waals surface area contributed by atoms with Crippen molar-refractivity contribution in [2.24, 2.45) is 4.99 Å². The van der Waals surface area contributed by atoms with Crippen LogP contribution < -0.4 is 10.2 Å². The highest BCUT2D eigenvalue weighted by Crippen LogP contribution is 2.23. The summed E-state index contributed by atoms with van der Waals surface area (Å²) in [6, 6.07) is 4.05. The fourth-order valence-corrected chi connectivity index (χ4v) is 3.08. The molecule has 2 heterocycles. The number of nitrogens with zero attached hydrogens (tertiary/aromatic N) is 3. The molecule has 1 aliphatic heterocycles. The van der Waals surface area contributed by atoms with Gasteiger partial charge < -0.3 is 20.2 Å². The van der Waals surface area contributed by atoms with Crippen LogP contribution in [0.4, 0.5) is 18.2 Å². The lowest BCUT2D eigenvalue weighted by Gasteiger charge is -2.37. The van der Waals surface area contributed by atoms with Crippen LogP contribution in [-0.4, -0.2) is 67.5 Å². The quantitative estimate of drug-likeness (QED) is 0.397. The number of aliphatic hydroxyl groups is 1. The zero-order valence-corrected chi connectivity index (χ0v) is 16.4. The molecule has 5 nitrogen and oxygen atoms in total. The molecule has 0 radical (unpaired) electrons. The van der Waals surface area contributed by atoms with Crippen LogP contribution in [-0.2, 0) is 0 Å². The van der Waals surface area contributed by atoms with Gasteiger partial charge in [0, 0.05) is 32.7 Å². The Morgan fingerprint density at radius 1 is 1.38 bits per heavy atom. The highest BCUT2D eigenvalue weighted by atomic mass is 127. The van der Waals surface area contributed by atoms with E-state index in [1.54, 1.807) is 11.3 Å². The zero-order valence-electron chi connectivity index (χ0n) is 13.3. The highest BCUT2D eigenvalue weighted by Gasteiger charge is 2.38. The molecule has 0 aliphatic carbocycles. The maximum absolute atomic E-state index is 12.4. The molecule has 0 aromatic carbocycles. The fraction of sp³-hybridized carbons (Fsp3) is 0.643. The first-order valence-electron chi connectivity index (χ1n) is 7.48. The van der Waals surface area contributed by atoms with Gasteiger partial charge in [-0.2, -0.15) is 13.2 Å². The second kappa shape index (κ2) is 9.66. The molecular formula is C14H22F3IN4OS. The molecule has 0 saturated carbocycles. The van der Waals surface area contributed by atoms with Gasteiger partial charge in [0.05, 0.1) is 11.5 Å². The first-order chi connectivity index (χ1) is 10.9. The van der Waals surface area contributed by atoms with E-state index in [1.165, 1.54) is 5.00 Å². The van der Waals surface area contributed by atoms with Crippen LogP contribution in [0.1, 0.15) is 6.92 Å². The van der Waals surface area contributed by atoms with Crippen LogP contribution in [0.2, 0.25) is 0 Å². The van der Waals surface area contributed by atoms with E-state index in [4.69, 9.17) is 5.11 Å². The maximum atomic E-state index is 12.4. The Morgan fingerprint density at radius 3 is 2.54 bits per heavy atom. The molecule has 2 N–H and O–H groups in total. The molecule has 2 rings (SSSR count). The minimum absolute atomic E-state index is 0. The summed E-state index contributed by atoms with van der Waals surface area (Å²) in [5, 5.41) is 15.3.